The number of hydrogen-bond acceptors (Lipinski definition) is 4. The van der Waals surface area contributed by atoms with Crippen LogP contribution in [0, 0.1) is 0 Å². The third-order valence-electron chi connectivity index (χ3n) is 2.14. The fourth-order valence-corrected chi connectivity index (χ4v) is 1.45. The van der Waals surface area contributed by atoms with Gasteiger partial charge in [-0.25, -0.2) is 4.79 Å². The van der Waals surface area contributed by atoms with E-state index in [1.165, 1.54) is 6.26 Å². The van der Waals surface area contributed by atoms with Gasteiger partial charge < -0.3 is 14.9 Å². The number of esters is 1. The van der Waals surface area contributed by atoms with Crippen LogP contribution in [0.3, 0.4) is 0 Å². The van der Waals surface area contributed by atoms with E-state index in [1.807, 2.05) is 0 Å². The number of benzene rings is 1. The molecule has 0 saturated heterocycles. The fraction of sp³-hybridized carbons (Fsp3) is 0.182. The molecule has 0 fully saturated rings. The average Bonchev–Trinajstić information content (AvgIpc) is 2.63. The second-order valence-corrected chi connectivity index (χ2v) is 3.09. The summed E-state index contributed by atoms with van der Waals surface area (Å²) in [6.45, 7) is 2.07. The van der Waals surface area contributed by atoms with E-state index in [-0.39, 0.29) is 5.76 Å². The number of carbonyl (C=O) groups is 1. The largest absolute Gasteiger partial charge is 0.460 e. The SMILES string of the molecule is CCOC(=O)c1occ2c(N)cccc12. The minimum atomic E-state index is -0.460. The summed E-state index contributed by atoms with van der Waals surface area (Å²) < 4.78 is 10.0. The van der Waals surface area contributed by atoms with E-state index in [4.69, 9.17) is 14.9 Å². The van der Waals surface area contributed by atoms with Gasteiger partial charge in [0, 0.05) is 16.5 Å². The minimum absolute atomic E-state index is 0.208. The number of nitrogen functional groups attached to an aromatic ring is 1. The zero-order valence-electron chi connectivity index (χ0n) is 8.32. The highest BCUT2D eigenvalue weighted by atomic mass is 16.5. The van der Waals surface area contributed by atoms with Crippen LogP contribution in [0.15, 0.2) is 28.9 Å². The lowest BCUT2D eigenvalue weighted by molar-refractivity contribution is 0.0493. The molecule has 0 amide bonds. The van der Waals surface area contributed by atoms with Crippen LogP contribution >= 0.6 is 0 Å². The maximum absolute atomic E-state index is 11.5. The van der Waals surface area contributed by atoms with Crippen molar-refractivity contribution in [1.82, 2.24) is 0 Å². The third-order valence-corrected chi connectivity index (χ3v) is 2.14. The Morgan fingerprint density at radius 2 is 2.27 bits per heavy atom. The van der Waals surface area contributed by atoms with Gasteiger partial charge in [-0.05, 0) is 13.0 Å². The van der Waals surface area contributed by atoms with E-state index in [2.05, 4.69) is 0 Å². The summed E-state index contributed by atoms with van der Waals surface area (Å²) in [6.07, 6.45) is 1.47. The van der Waals surface area contributed by atoms with Gasteiger partial charge >= 0.3 is 5.97 Å². The lowest BCUT2D eigenvalue weighted by Crippen LogP contribution is -2.03. The van der Waals surface area contributed by atoms with Crippen molar-refractivity contribution in [1.29, 1.82) is 0 Å². The van der Waals surface area contributed by atoms with Gasteiger partial charge in [-0.15, -0.1) is 0 Å². The zero-order valence-corrected chi connectivity index (χ0v) is 8.32. The summed E-state index contributed by atoms with van der Waals surface area (Å²) in [5, 5.41) is 1.43. The molecular formula is C11H11NO3. The Balaban J connectivity index is 2.54. The highest BCUT2D eigenvalue weighted by Crippen LogP contribution is 2.26. The van der Waals surface area contributed by atoms with Crippen LogP contribution in [0.4, 0.5) is 5.69 Å². The smallest absolute Gasteiger partial charge is 0.374 e. The number of furan rings is 1. The highest BCUT2D eigenvalue weighted by Gasteiger charge is 2.16. The molecule has 0 aliphatic carbocycles. The molecule has 0 unspecified atom stereocenters. The number of carbonyl (C=O) groups excluding carboxylic acids is 1. The summed E-state index contributed by atoms with van der Waals surface area (Å²) in [6, 6.07) is 5.31. The Morgan fingerprint density at radius 3 is 3.00 bits per heavy atom. The Kier molecular flexibility index (Phi) is 2.33. The molecule has 2 rings (SSSR count). The van der Waals surface area contributed by atoms with Gasteiger partial charge in [0.05, 0.1) is 6.61 Å². The lowest BCUT2D eigenvalue weighted by Gasteiger charge is -1.98. The first-order valence-electron chi connectivity index (χ1n) is 4.67. The normalized spacial score (nSPS) is 10.5. The minimum Gasteiger partial charge on any atom is -0.460 e. The molecule has 4 nitrogen and oxygen atoms in total. The molecule has 2 N–H and O–H groups in total. The monoisotopic (exact) mass is 205 g/mol. The molecule has 0 spiro atoms. The van der Waals surface area contributed by atoms with Crippen LogP contribution in [0.25, 0.3) is 10.8 Å². The molecule has 0 bridgehead atoms. The van der Waals surface area contributed by atoms with E-state index < -0.39 is 5.97 Å². The number of hydrogen-bond donors (Lipinski definition) is 1. The molecule has 0 saturated carbocycles. The van der Waals surface area contributed by atoms with Gasteiger partial charge in [-0.2, -0.15) is 0 Å². The predicted octanol–water partition coefficient (Wildman–Crippen LogP) is 2.19. The van der Waals surface area contributed by atoms with Gasteiger partial charge in [0.1, 0.15) is 6.26 Å². The fourth-order valence-electron chi connectivity index (χ4n) is 1.45. The Labute approximate surface area is 86.6 Å². The van der Waals surface area contributed by atoms with Crippen LogP contribution in [-0.4, -0.2) is 12.6 Å². The molecule has 1 aromatic heterocycles. The first-order chi connectivity index (χ1) is 7.24. The summed E-state index contributed by atoms with van der Waals surface area (Å²) in [7, 11) is 0. The van der Waals surface area contributed by atoms with Crippen molar-refractivity contribution < 1.29 is 13.9 Å². The van der Waals surface area contributed by atoms with E-state index in [9.17, 15) is 4.79 Å². The van der Waals surface area contributed by atoms with Crippen LogP contribution in [0.1, 0.15) is 17.5 Å². The van der Waals surface area contributed by atoms with Crippen LogP contribution < -0.4 is 5.73 Å². The average molecular weight is 205 g/mol. The number of rotatable bonds is 2. The second kappa shape index (κ2) is 3.65. The van der Waals surface area contributed by atoms with Gasteiger partial charge in [0.15, 0.2) is 0 Å². The van der Waals surface area contributed by atoms with Crippen molar-refractivity contribution >= 4 is 22.4 Å². The molecule has 0 radical (unpaired) electrons. The van der Waals surface area contributed by atoms with Gasteiger partial charge in [-0.1, -0.05) is 12.1 Å². The Morgan fingerprint density at radius 1 is 1.47 bits per heavy atom. The van der Waals surface area contributed by atoms with Crippen LogP contribution in [0.2, 0.25) is 0 Å². The first kappa shape index (κ1) is 9.58. The first-order valence-corrected chi connectivity index (χ1v) is 4.67. The topological polar surface area (TPSA) is 65.5 Å². The number of ether oxygens (including phenoxy) is 1. The van der Waals surface area contributed by atoms with Crippen molar-refractivity contribution in [3.8, 4) is 0 Å². The maximum atomic E-state index is 11.5. The van der Waals surface area contributed by atoms with E-state index >= 15 is 0 Å². The quantitative estimate of drug-likeness (QED) is 0.602. The predicted molar refractivity (Wildman–Crippen MR) is 56.6 cm³/mol. The summed E-state index contributed by atoms with van der Waals surface area (Å²) in [5.41, 5.74) is 6.32. The van der Waals surface area contributed by atoms with Crippen molar-refractivity contribution in [3.63, 3.8) is 0 Å². The zero-order chi connectivity index (χ0) is 10.8. The number of nitrogens with two attached hydrogens (primary N) is 1. The van der Waals surface area contributed by atoms with Gasteiger partial charge in [0.25, 0.3) is 0 Å². The molecule has 1 heterocycles. The standard InChI is InChI=1S/C11H11NO3/c1-2-14-11(13)10-7-4-3-5-9(12)8(7)6-15-10/h3-6H,2,12H2,1H3. The molecule has 2 aromatic rings. The summed E-state index contributed by atoms with van der Waals surface area (Å²) >= 11 is 0. The number of anilines is 1. The molecule has 15 heavy (non-hydrogen) atoms. The molecule has 1 aromatic carbocycles. The Bertz CT molecular complexity index is 502. The summed E-state index contributed by atoms with van der Waals surface area (Å²) in [5.74, 6) is -0.253. The van der Waals surface area contributed by atoms with Crippen molar-refractivity contribution in [2.24, 2.45) is 0 Å². The summed E-state index contributed by atoms with van der Waals surface area (Å²) in [4.78, 5) is 11.5. The second-order valence-electron chi connectivity index (χ2n) is 3.09. The Hall–Kier alpha value is -1.97. The van der Waals surface area contributed by atoms with Crippen LogP contribution in [-0.2, 0) is 4.74 Å². The van der Waals surface area contributed by atoms with Crippen molar-refractivity contribution in [2.75, 3.05) is 12.3 Å². The van der Waals surface area contributed by atoms with Gasteiger partial charge in [0.2, 0.25) is 5.76 Å². The van der Waals surface area contributed by atoms with E-state index in [0.717, 1.165) is 5.39 Å². The maximum Gasteiger partial charge on any atom is 0.374 e. The molecule has 0 atom stereocenters. The molecule has 0 aliphatic rings. The van der Waals surface area contributed by atoms with Crippen molar-refractivity contribution in [2.45, 2.75) is 6.92 Å². The van der Waals surface area contributed by atoms with Crippen molar-refractivity contribution in [3.05, 3.63) is 30.2 Å². The van der Waals surface area contributed by atoms with Crippen LogP contribution in [0.5, 0.6) is 0 Å². The lowest BCUT2D eigenvalue weighted by atomic mass is 10.1. The molecule has 0 aliphatic heterocycles. The highest BCUT2D eigenvalue weighted by molar-refractivity contribution is 6.05. The molecule has 78 valence electrons. The van der Waals surface area contributed by atoms with E-state index in [0.29, 0.717) is 17.7 Å². The molecule has 4 heteroatoms. The number of fused-ring (bicyclic) bond motifs is 1. The molecular weight excluding hydrogens is 194 g/mol. The van der Waals surface area contributed by atoms with E-state index in [1.54, 1.807) is 25.1 Å². The van der Waals surface area contributed by atoms with Gasteiger partial charge in [-0.3, -0.25) is 0 Å². The third kappa shape index (κ3) is 1.54.